The van der Waals surface area contributed by atoms with Gasteiger partial charge in [0.1, 0.15) is 0 Å². The molecule has 0 fully saturated rings. The summed E-state index contributed by atoms with van der Waals surface area (Å²) in [7, 11) is 0. The van der Waals surface area contributed by atoms with Crippen molar-refractivity contribution in [2.45, 2.75) is 6.54 Å². The molecule has 2 rings (SSSR count). The highest BCUT2D eigenvalue weighted by molar-refractivity contribution is 6.00. The molecule has 13 heavy (non-hydrogen) atoms. The van der Waals surface area contributed by atoms with Crippen LogP contribution in [0.2, 0.25) is 0 Å². The molecule has 1 aromatic carbocycles. The van der Waals surface area contributed by atoms with Gasteiger partial charge in [0.25, 0.3) is 5.91 Å². The van der Waals surface area contributed by atoms with E-state index in [0.717, 1.165) is 5.56 Å². The van der Waals surface area contributed by atoms with Gasteiger partial charge in [0.15, 0.2) is 0 Å². The van der Waals surface area contributed by atoms with Crippen LogP contribution in [0.4, 0.5) is 0 Å². The van der Waals surface area contributed by atoms with Crippen LogP contribution in [0.3, 0.4) is 0 Å². The van der Waals surface area contributed by atoms with E-state index in [2.05, 4.69) is 5.32 Å². The Morgan fingerprint density at radius 3 is 2.92 bits per heavy atom. The van der Waals surface area contributed by atoms with E-state index < -0.39 is 5.91 Å². The van der Waals surface area contributed by atoms with Gasteiger partial charge >= 0.3 is 0 Å². The molecule has 0 unspecified atom stereocenters. The summed E-state index contributed by atoms with van der Waals surface area (Å²) in [6.45, 7) is 0.481. The van der Waals surface area contributed by atoms with Gasteiger partial charge in [0, 0.05) is 17.7 Å². The van der Waals surface area contributed by atoms with Gasteiger partial charge in [-0.1, -0.05) is 0 Å². The summed E-state index contributed by atoms with van der Waals surface area (Å²) < 4.78 is 0. The van der Waals surface area contributed by atoms with Gasteiger partial charge in [-0.15, -0.1) is 0 Å². The second-order valence-electron chi connectivity index (χ2n) is 2.92. The standard InChI is InChI=1S/C9H8N2O2/c10-8(12)5-1-2-7-6(3-5)4-11-9(7)13/h1-3H,4H2,(H2,10,12)(H,11,13). The third-order valence-electron chi connectivity index (χ3n) is 2.07. The molecular weight excluding hydrogens is 168 g/mol. The van der Waals surface area contributed by atoms with Gasteiger partial charge in [0.2, 0.25) is 5.91 Å². The molecule has 0 atom stereocenters. The Kier molecular flexibility index (Phi) is 1.55. The van der Waals surface area contributed by atoms with Gasteiger partial charge in [-0.05, 0) is 23.8 Å². The average Bonchev–Trinajstić information content (AvgIpc) is 2.47. The summed E-state index contributed by atoms with van der Waals surface area (Å²) in [5.41, 5.74) is 7.00. The van der Waals surface area contributed by atoms with Crippen LogP contribution in [0, 0.1) is 0 Å². The van der Waals surface area contributed by atoms with Gasteiger partial charge in [-0.25, -0.2) is 0 Å². The van der Waals surface area contributed by atoms with Crippen molar-refractivity contribution in [1.82, 2.24) is 5.32 Å². The maximum Gasteiger partial charge on any atom is 0.251 e. The Labute approximate surface area is 74.7 Å². The van der Waals surface area contributed by atoms with Crippen LogP contribution in [0.15, 0.2) is 18.2 Å². The minimum Gasteiger partial charge on any atom is -0.366 e. The molecule has 1 aliphatic heterocycles. The molecule has 4 nitrogen and oxygen atoms in total. The summed E-state index contributed by atoms with van der Waals surface area (Å²) in [4.78, 5) is 21.9. The normalized spacial score (nSPS) is 13.7. The lowest BCUT2D eigenvalue weighted by molar-refractivity contribution is 0.0963. The summed E-state index contributed by atoms with van der Waals surface area (Å²) in [5, 5.41) is 2.66. The largest absolute Gasteiger partial charge is 0.366 e. The molecule has 4 heteroatoms. The fourth-order valence-corrected chi connectivity index (χ4v) is 1.39. The van der Waals surface area contributed by atoms with E-state index in [-0.39, 0.29) is 5.91 Å². The van der Waals surface area contributed by atoms with E-state index in [1.807, 2.05) is 0 Å². The van der Waals surface area contributed by atoms with E-state index >= 15 is 0 Å². The summed E-state index contributed by atoms with van der Waals surface area (Å²) in [6.07, 6.45) is 0. The second kappa shape index (κ2) is 2.58. The van der Waals surface area contributed by atoms with Crippen molar-refractivity contribution in [1.29, 1.82) is 0 Å². The number of carbonyl (C=O) groups excluding carboxylic acids is 2. The number of rotatable bonds is 1. The molecule has 0 bridgehead atoms. The number of primary amides is 1. The monoisotopic (exact) mass is 176 g/mol. The van der Waals surface area contributed by atoms with Crippen LogP contribution in [0.1, 0.15) is 26.3 Å². The van der Waals surface area contributed by atoms with Crippen LogP contribution in [-0.4, -0.2) is 11.8 Å². The summed E-state index contributed by atoms with van der Waals surface area (Å²) >= 11 is 0. The van der Waals surface area contributed by atoms with Crippen molar-refractivity contribution in [3.8, 4) is 0 Å². The molecular formula is C9H8N2O2. The minimum absolute atomic E-state index is 0.0916. The van der Waals surface area contributed by atoms with E-state index in [9.17, 15) is 9.59 Å². The van der Waals surface area contributed by atoms with Gasteiger partial charge in [0.05, 0.1) is 0 Å². The first kappa shape index (κ1) is 7.79. The zero-order chi connectivity index (χ0) is 9.42. The van der Waals surface area contributed by atoms with Gasteiger partial charge < -0.3 is 11.1 Å². The Hall–Kier alpha value is -1.84. The first-order chi connectivity index (χ1) is 6.18. The van der Waals surface area contributed by atoms with Gasteiger partial charge in [-0.2, -0.15) is 0 Å². The van der Waals surface area contributed by atoms with Crippen LogP contribution >= 0.6 is 0 Å². The topological polar surface area (TPSA) is 72.2 Å². The number of fused-ring (bicyclic) bond motifs is 1. The van der Waals surface area contributed by atoms with Crippen molar-refractivity contribution in [2.24, 2.45) is 5.73 Å². The highest BCUT2D eigenvalue weighted by atomic mass is 16.2. The maximum atomic E-state index is 11.1. The molecule has 66 valence electrons. The molecule has 1 aromatic rings. The lowest BCUT2D eigenvalue weighted by atomic mass is 10.1. The second-order valence-corrected chi connectivity index (χ2v) is 2.92. The molecule has 0 saturated heterocycles. The van der Waals surface area contributed by atoms with Crippen molar-refractivity contribution in [3.63, 3.8) is 0 Å². The van der Waals surface area contributed by atoms with Crippen LogP contribution < -0.4 is 11.1 Å². The highest BCUT2D eigenvalue weighted by Gasteiger charge is 2.19. The third-order valence-corrected chi connectivity index (χ3v) is 2.07. The maximum absolute atomic E-state index is 11.1. The number of carbonyl (C=O) groups is 2. The lowest BCUT2D eigenvalue weighted by Gasteiger charge is -1.97. The summed E-state index contributed by atoms with van der Waals surface area (Å²) in [6, 6.07) is 4.83. The summed E-state index contributed by atoms with van der Waals surface area (Å²) in [5.74, 6) is -0.562. The lowest BCUT2D eigenvalue weighted by Crippen LogP contribution is -2.12. The molecule has 0 radical (unpaired) electrons. The predicted octanol–water partition coefficient (Wildman–Crippen LogP) is 0.0289. The number of amides is 2. The Bertz CT molecular complexity index is 399. The minimum atomic E-state index is -0.470. The number of benzene rings is 1. The molecule has 1 heterocycles. The SMILES string of the molecule is NC(=O)c1ccc2c(c1)CNC2=O. The Morgan fingerprint density at radius 2 is 2.23 bits per heavy atom. The Morgan fingerprint density at radius 1 is 1.46 bits per heavy atom. The molecule has 3 N–H and O–H groups in total. The van der Waals surface area contributed by atoms with Crippen LogP contribution in [-0.2, 0) is 6.54 Å². The van der Waals surface area contributed by atoms with E-state index in [4.69, 9.17) is 5.73 Å². The molecule has 0 spiro atoms. The zero-order valence-corrected chi connectivity index (χ0v) is 6.83. The van der Waals surface area contributed by atoms with E-state index in [1.165, 1.54) is 0 Å². The molecule has 0 aromatic heterocycles. The van der Waals surface area contributed by atoms with Crippen LogP contribution in [0.5, 0.6) is 0 Å². The highest BCUT2D eigenvalue weighted by Crippen LogP contribution is 2.16. The third kappa shape index (κ3) is 1.16. The molecule has 2 amide bonds. The van der Waals surface area contributed by atoms with Crippen molar-refractivity contribution >= 4 is 11.8 Å². The fourth-order valence-electron chi connectivity index (χ4n) is 1.39. The zero-order valence-electron chi connectivity index (χ0n) is 6.83. The van der Waals surface area contributed by atoms with E-state index in [0.29, 0.717) is 17.7 Å². The van der Waals surface area contributed by atoms with Crippen molar-refractivity contribution in [3.05, 3.63) is 34.9 Å². The number of nitrogens with two attached hydrogens (primary N) is 1. The smallest absolute Gasteiger partial charge is 0.251 e. The average molecular weight is 176 g/mol. The van der Waals surface area contributed by atoms with Crippen molar-refractivity contribution < 1.29 is 9.59 Å². The van der Waals surface area contributed by atoms with Gasteiger partial charge in [-0.3, -0.25) is 9.59 Å². The molecule has 0 aliphatic carbocycles. The first-order valence-corrected chi connectivity index (χ1v) is 3.89. The first-order valence-electron chi connectivity index (χ1n) is 3.89. The Balaban J connectivity index is 2.51. The fraction of sp³-hybridized carbons (Fsp3) is 0.111. The number of hydrogen-bond acceptors (Lipinski definition) is 2. The van der Waals surface area contributed by atoms with E-state index in [1.54, 1.807) is 18.2 Å². The van der Waals surface area contributed by atoms with Crippen LogP contribution in [0.25, 0.3) is 0 Å². The number of nitrogens with one attached hydrogen (secondary N) is 1. The number of hydrogen-bond donors (Lipinski definition) is 2. The predicted molar refractivity (Wildman–Crippen MR) is 46.1 cm³/mol. The molecule has 1 aliphatic rings. The molecule has 0 saturated carbocycles. The van der Waals surface area contributed by atoms with Crippen molar-refractivity contribution in [2.75, 3.05) is 0 Å². The quantitative estimate of drug-likeness (QED) is 0.633.